The summed E-state index contributed by atoms with van der Waals surface area (Å²) in [4.78, 5) is 12.1. The molecule has 0 fully saturated rings. The van der Waals surface area contributed by atoms with Crippen molar-refractivity contribution in [1.82, 2.24) is 0 Å². The fourth-order valence-corrected chi connectivity index (χ4v) is 3.05. The van der Waals surface area contributed by atoms with E-state index >= 15 is 0 Å². The third kappa shape index (κ3) is 6.40. The minimum atomic E-state index is -3.40. The van der Waals surface area contributed by atoms with Gasteiger partial charge in [0.25, 0.3) is 0 Å². The number of amides is 1. The number of aryl methyl sites for hydroxylation is 2. The van der Waals surface area contributed by atoms with E-state index in [9.17, 15) is 13.2 Å². The highest BCUT2D eigenvalue weighted by Gasteiger charge is 2.10. The Morgan fingerprint density at radius 1 is 1.12 bits per heavy atom. The van der Waals surface area contributed by atoms with E-state index in [1.165, 1.54) is 18.2 Å². The molecule has 1 amide bonds. The van der Waals surface area contributed by atoms with E-state index in [1.807, 2.05) is 6.92 Å². The monoisotopic (exact) mass is 376 g/mol. The third-order valence-electron chi connectivity index (χ3n) is 3.77. The lowest BCUT2D eigenvalue weighted by molar-refractivity contribution is -0.116. The molecule has 0 aliphatic heterocycles. The van der Waals surface area contributed by atoms with Gasteiger partial charge >= 0.3 is 0 Å². The standard InChI is InChI=1S/C19H24N2O4S/c1-14-7-9-15(10-8-14)5-4-6-19(22)20-16-11-12-17(18(13-16)25-2)21-26(3,23)24/h7-13,21H,4-6H2,1-3H3,(H,20,22). The summed E-state index contributed by atoms with van der Waals surface area (Å²) < 4.78 is 30.3. The maximum Gasteiger partial charge on any atom is 0.229 e. The Kier molecular flexibility index (Phi) is 6.63. The third-order valence-corrected chi connectivity index (χ3v) is 4.36. The number of anilines is 2. The number of carbonyl (C=O) groups excluding carboxylic acids is 1. The second kappa shape index (κ2) is 8.71. The van der Waals surface area contributed by atoms with Crippen LogP contribution >= 0.6 is 0 Å². The second-order valence-electron chi connectivity index (χ2n) is 6.18. The summed E-state index contributed by atoms with van der Waals surface area (Å²) in [7, 11) is -1.96. The molecule has 0 bridgehead atoms. The Morgan fingerprint density at radius 2 is 1.81 bits per heavy atom. The molecule has 2 N–H and O–H groups in total. The first-order valence-corrected chi connectivity index (χ1v) is 10.2. The van der Waals surface area contributed by atoms with Crippen molar-refractivity contribution < 1.29 is 17.9 Å². The lowest BCUT2D eigenvalue weighted by atomic mass is 10.1. The number of nitrogens with one attached hydrogen (secondary N) is 2. The smallest absolute Gasteiger partial charge is 0.229 e. The quantitative estimate of drug-likeness (QED) is 0.740. The Morgan fingerprint density at radius 3 is 2.42 bits per heavy atom. The molecular formula is C19H24N2O4S. The summed E-state index contributed by atoms with van der Waals surface area (Å²) in [6.07, 6.45) is 3.06. The van der Waals surface area contributed by atoms with Gasteiger partial charge in [0.05, 0.1) is 19.1 Å². The van der Waals surface area contributed by atoms with Crippen LogP contribution in [0.1, 0.15) is 24.0 Å². The minimum absolute atomic E-state index is 0.0945. The number of rotatable bonds is 8. The number of sulfonamides is 1. The van der Waals surface area contributed by atoms with Crippen LogP contribution in [0.5, 0.6) is 5.75 Å². The Bertz CT molecular complexity index is 862. The number of hydrogen-bond acceptors (Lipinski definition) is 4. The molecule has 7 heteroatoms. The highest BCUT2D eigenvalue weighted by molar-refractivity contribution is 7.92. The predicted octanol–water partition coefficient (Wildman–Crippen LogP) is 3.34. The molecule has 0 aliphatic rings. The van der Waals surface area contributed by atoms with Gasteiger partial charge in [-0.15, -0.1) is 0 Å². The summed E-state index contributed by atoms with van der Waals surface area (Å²) in [6.45, 7) is 2.04. The summed E-state index contributed by atoms with van der Waals surface area (Å²) in [6, 6.07) is 13.1. The van der Waals surface area contributed by atoms with Gasteiger partial charge in [-0.05, 0) is 37.5 Å². The molecule has 0 spiro atoms. The first kappa shape index (κ1) is 19.8. The number of methoxy groups -OCH3 is 1. The number of carbonyl (C=O) groups is 1. The highest BCUT2D eigenvalue weighted by atomic mass is 32.2. The van der Waals surface area contributed by atoms with Gasteiger partial charge in [-0.2, -0.15) is 0 Å². The number of hydrogen-bond donors (Lipinski definition) is 2. The van der Waals surface area contributed by atoms with E-state index in [1.54, 1.807) is 18.2 Å². The molecule has 0 aromatic heterocycles. The van der Waals surface area contributed by atoms with Gasteiger partial charge in [-0.1, -0.05) is 29.8 Å². The first-order chi connectivity index (χ1) is 12.3. The van der Waals surface area contributed by atoms with Crippen LogP contribution < -0.4 is 14.8 Å². The van der Waals surface area contributed by atoms with E-state index in [0.717, 1.165) is 19.1 Å². The molecule has 0 radical (unpaired) electrons. The summed E-state index contributed by atoms with van der Waals surface area (Å²) >= 11 is 0. The van der Waals surface area contributed by atoms with E-state index in [0.29, 0.717) is 23.5 Å². The zero-order chi connectivity index (χ0) is 19.2. The predicted molar refractivity (Wildman–Crippen MR) is 104 cm³/mol. The van der Waals surface area contributed by atoms with Crippen LogP contribution in [0.15, 0.2) is 42.5 Å². The molecule has 0 atom stereocenters. The van der Waals surface area contributed by atoms with Gasteiger partial charge in [0.15, 0.2) is 0 Å². The van der Waals surface area contributed by atoms with Gasteiger partial charge in [0, 0.05) is 18.2 Å². The molecule has 140 valence electrons. The van der Waals surface area contributed by atoms with Crippen LogP contribution in [-0.2, 0) is 21.2 Å². The van der Waals surface area contributed by atoms with Crippen molar-refractivity contribution in [2.75, 3.05) is 23.4 Å². The average Bonchev–Trinajstić information content (AvgIpc) is 2.57. The van der Waals surface area contributed by atoms with Crippen LogP contribution in [-0.4, -0.2) is 27.7 Å². The fourth-order valence-electron chi connectivity index (χ4n) is 2.48. The zero-order valence-corrected chi connectivity index (χ0v) is 16.0. The van der Waals surface area contributed by atoms with Gasteiger partial charge in [-0.25, -0.2) is 8.42 Å². The normalized spacial score (nSPS) is 11.0. The van der Waals surface area contributed by atoms with Gasteiger partial charge in [0.1, 0.15) is 5.75 Å². The van der Waals surface area contributed by atoms with Crippen molar-refractivity contribution >= 4 is 27.3 Å². The molecule has 2 aromatic carbocycles. The molecule has 0 aliphatic carbocycles. The Hall–Kier alpha value is -2.54. The highest BCUT2D eigenvalue weighted by Crippen LogP contribution is 2.28. The fraction of sp³-hybridized carbons (Fsp3) is 0.316. The molecule has 2 rings (SSSR count). The zero-order valence-electron chi connectivity index (χ0n) is 15.2. The summed E-state index contributed by atoms with van der Waals surface area (Å²) in [5, 5.41) is 2.81. The molecule has 0 heterocycles. The van der Waals surface area contributed by atoms with E-state index in [2.05, 4.69) is 34.3 Å². The second-order valence-corrected chi connectivity index (χ2v) is 7.93. The van der Waals surface area contributed by atoms with Crippen molar-refractivity contribution in [3.05, 3.63) is 53.6 Å². The number of ether oxygens (including phenoxy) is 1. The summed E-state index contributed by atoms with van der Waals surface area (Å²) in [5.41, 5.74) is 3.31. The van der Waals surface area contributed by atoms with Crippen LogP contribution in [0, 0.1) is 6.92 Å². The molecule has 26 heavy (non-hydrogen) atoms. The van der Waals surface area contributed by atoms with Crippen molar-refractivity contribution in [2.45, 2.75) is 26.2 Å². The largest absolute Gasteiger partial charge is 0.494 e. The van der Waals surface area contributed by atoms with Crippen LogP contribution in [0.3, 0.4) is 0 Å². The summed E-state index contributed by atoms with van der Waals surface area (Å²) in [5.74, 6) is 0.246. The van der Waals surface area contributed by atoms with Crippen molar-refractivity contribution in [1.29, 1.82) is 0 Å². The first-order valence-electron chi connectivity index (χ1n) is 8.28. The Labute approximate surface area is 154 Å². The molecule has 2 aromatic rings. The van der Waals surface area contributed by atoms with E-state index < -0.39 is 10.0 Å². The number of benzene rings is 2. The average molecular weight is 376 g/mol. The lowest BCUT2D eigenvalue weighted by Gasteiger charge is -2.12. The van der Waals surface area contributed by atoms with Crippen LogP contribution in [0.25, 0.3) is 0 Å². The molecule has 0 saturated heterocycles. The minimum Gasteiger partial charge on any atom is -0.494 e. The Balaban J connectivity index is 1.90. The molecule has 0 saturated carbocycles. The van der Waals surface area contributed by atoms with Gasteiger partial charge in [-0.3, -0.25) is 9.52 Å². The van der Waals surface area contributed by atoms with Gasteiger partial charge in [0.2, 0.25) is 15.9 Å². The van der Waals surface area contributed by atoms with Crippen molar-refractivity contribution in [3.63, 3.8) is 0 Å². The van der Waals surface area contributed by atoms with Crippen molar-refractivity contribution in [2.24, 2.45) is 0 Å². The SMILES string of the molecule is COc1cc(NC(=O)CCCc2ccc(C)cc2)ccc1NS(C)(=O)=O. The topological polar surface area (TPSA) is 84.5 Å². The van der Waals surface area contributed by atoms with Crippen LogP contribution in [0.2, 0.25) is 0 Å². The molecular weight excluding hydrogens is 352 g/mol. The van der Waals surface area contributed by atoms with E-state index in [-0.39, 0.29) is 5.91 Å². The molecule has 6 nitrogen and oxygen atoms in total. The maximum absolute atomic E-state index is 12.1. The van der Waals surface area contributed by atoms with Crippen LogP contribution in [0.4, 0.5) is 11.4 Å². The van der Waals surface area contributed by atoms with Crippen molar-refractivity contribution in [3.8, 4) is 5.75 Å². The maximum atomic E-state index is 12.1. The molecule has 0 unspecified atom stereocenters. The van der Waals surface area contributed by atoms with Gasteiger partial charge < -0.3 is 10.1 Å². The van der Waals surface area contributed by atoms with E-state index in [4.69, 9.17) is 4.74 Å². The lowest BCUT2D eigenvalue weighted by Crippen LogP contribution is -2.13.